The Morgan fingerprint density at radius 1 is 1.00 bits per heavy atom. The minimum absolute atomic E-state index is 0.500. The van der Waals surface area contributed by atoms with Gasteiger partial charge in [0.15, 0.2) is 0 Å². The molecule has 0 aliphatic carbocycles. The van der Waals surface area contributed by atoms with Gasteiger partial charge in [-0.15, -0.1) is 0 Å². The second-order valence-electron chi connectivity index (χ2n) is 5.95. The number of hydrogen-bond donors (Lipinski definition) is 1. The van der Waals surface area contributed by atoms with Crippen LogP contribution >= 0.6 is 0 Å². The van der Waals surface area contributed by atoms with Crippen LogP contribution in [0.15, 0.2) is 0 Å². The fraction of sp³-hybridized carbons (Fsp3) is 1.00. The Labute approximate surface area is 90.7 Å². The van der Waals surface area contributed by atoms with Crippen LogP contribution in [0.25, 0.3) is 0 Å². The molecule has 0 rings (SSSR count). The third kappa shape index (κ3) is 12.0. The summed E-state index contributed by atoms with van der Waals surface area (Å²) < 4.78 is 0. The summed E-state index contributed by atoms with van der Waals surface area (Å²) in [5, 5.41) is 3.51. The third-order valence-corrected chi connectivity index (χ3v) is 2.42. The molecule has 0 aliphatic rings. The van der Waals surface area contributed by atoms with Crippen LogP contribution < -0.4 is 5.32 Å². The molecule has 0 saturated carbocycles. The first kappa shape index (κ1) is 14.0. The van der Waals surface area contributed by atoms with Crippen LogP contribution in [0, 0.1) is 11.3 Å². The normalized spacial score (nSPS) is 12.4. The van der Waals surface area contributed by atoms with Crippen LogP contribution in [0.1, 0.15) is 60.3 Å². The summed E-state index contributed by atoms with van der Waals surface area (Å²) in [6.07, 6.45) is 5.31. The van der Waals surface area contributed by atoms with E-state index < -0.39 is 0 Å². The lowest BCUT2D eigenvalue weighted by atomic mass is 9.91. The third-order valence-electron chi connectivity index (χ3n) is 2.42. The fourth-order valence-electron chi connectivity index (χ4n) is 1.50. The van der Waals surface area contributed by atoms with E-state index in [0.717, 1.165) is 5.92 Å². The van der Waals surface area contributed by atoms with Crippen LogP contribution in [-0.4, -0.2) is 13.1 Å². The molecule has 0 unspecified atom stereocenters. The highest BCUT2D eigenvalue weighted by Gasteiger charge is 2.08. The molecule has 1 N–H and O–H groups in total. The van der Waals surface area contributed by atoms with Crippen LogP contribution in [-0.2, 0) is 0 Å². The predicted octanol–water partition coefficient (Wildman–Crippen LogP) is 3.84. The second kappa shape index (κ2) is 7.28. The maximum absolute atomic E-state index is 3.51. The quantitative estimate of drug-likeness (QED) is 0.614. The van der Waals surface area contributed by atoms with Crippen LogP contribution in [0.5, 0.6) is 0 Å². The summed E-state index contributed by atoms with van der Waals surface area (Å²) in [5.74, 6) is 0.853. The van der Waals surface area contributed by atoms with Crippen LogP contribution in [0.2, 0.25) is 0 Å². The van der Waals surface area contributed by atoms with E-state index in [-0.39, 0.29) is 0 Å². The molecule has 0 aliphatic heterocycles. The molecule has 14 heavy (non-hydrogen) atoms. The minimum atomic E-state index is 0.500. The lowest BCUT2D eigenvalue weighted by Crippen LogP contribution is -2.18. The predicted molar refractivity (Wildman–Crippen MR) is 65.6 cm³/mol. The lowest BCUT2D eigenvalue weighted by molar-refractivity contribution is 0.360. The Morgan fingerprint density at radius 2 is 1.57 bits per heavy atom. The van der Waals surface area contributed by atoms with E-state index in [1.165, 1.54) is 38.8 Å². The summed E-state index contributed by atoms with van der Waals surface area (Å²) in [6, 6.07) is 0. The molecular weight excluding hydrogens is 170 g/mol. The molecule has 86 valence electrons. The molecule has 1 nitrogen and oxygen atoms in total. The molecule has 0 atom stereocenters. The molecule has 0 aromatic heterocycles. The second-order valence-corrected chi connectivity index (χ2v) is 5.95. The molecule has 0 radical (unpaired) electrons. The van der Waals surface area contributed by atoms with Gasteiger partial charge in [0.1, 0.15) is 0 Å². The van der Waals surface area contributed by atoms with E-state index in [4.69, 9.17) is 0 Å². The van der Waals surface area contributed by atoms with E-state index in [2.05, 4.69) is 39.9 Å². The summed E-state index contributed by atoms with van der Waals surface area (Å²) in [4.78, 5) is 0. The van der Waals surface area contributed by atoms with E-state index in [1.807, 2.05) is 0 Å². The van der Waals surface area contributed by atoms with Gasteiger partial charge in [-0.2, -0.15) is 0 Å². The Balaban J connectivity index is 3.07. The Hall–Kier alpha value is -0.0400. The van der Waals surface area contributed by atoms with E-state index >= 15 is 0 Å². The standard InChI is InChI=1S/C13H29N/c1-12(2)8-6-10-14-11-7-9-13(3,4)5/h12,14H,6-11H2,1-5H3. The number of hydrogen-bond acceptors (Lipinski definition) is 1. The van der Waals surface area contributed by atoms with Crippen molar-refractivity contribution in [2.45, 2.75) is 60.3 Å². The number of rotatable bonds is 7. The van der Waals surface area contributed by atoms with Gasteiger partial charge in [-0.1, -0.05) is 34.6 Å². The molecule has 0 heterocycles. The summed E-state index contributed by atoms with van der Waals surface area (Å²) in [6.45, 7) is 13.9. The maximum Gasteiger partial charge on any atom is -0.00487 e. The summed E-state index contributed by atoms with van der Waals surface area (Å²) >= 11 is 0. The highest BCUT2D eigenvalue weighted by atomic mass is 14.8. The fourth-order valence-corrected chi connectivity index (χ4v) is 1.50. The van der Waals surface area contributed by atoms with Crippen molar-refractivity contribution in [1.29, 1.82) is 0 Å². The van der Waals surface area contributed by atoms with Gasteiger partial charge in [-0.25, -0.2) is 0 Å². The van der Waals surface area contributed by atoms with Crippen molar-refractivity contribution in [3.05, 3.63) is 0 Å². The SMILES string of the molecule is CC(C)CCCNCCCC(C)(C)C. The van der Waals surface area contributed by atoms with Crippen molar-refractivity contribution in [2.75, 3.05) is 13.1 Å². The molecule has 1 heteroatoms. The smallest absolute Gasteiger partial charge is 0.00487 e. The Kier molecular flexibility index (Phi) is 7.26. The zero-order chi connectivity index (χ0) is 11.0. The van der Waals surface area contributed by atoms with Gasteiger partial charge in [0.25, 0.3) is 0 Å². The van der Waals surface area contributed by atoms with Gasteiger partial charge in [0.05, 0.1) is 0 Å². The molecular formula is C13H29N. The zero-order valence-electron chi connectivity index (χ0n) is 10.8. The molecule has 0 bridgehead atoms. The zero-order valence-corrected chi connectivity index (χ0v) is 10.8. The molecule has 0 spiro atoms. The highest BCUT2D eigenvalue weighted by molar-refractivity contribution is 4.62. The molecule has 0 aromatic carbocycles. The van der Waals surface area contributed by atoms with E-state index in [9.17, 15) is 0 Å². The Morgan fingerprint density at radius 3 is 2.07 bits per heavy atom. The van der Waals surface area contributed by atoms with Gasteiger partial charge in [-0.3, -0.25) is 0 Å². The monoisotopic (exact) mass is 199 g/mol. The van der Waals surface area contributed by atoms with Crippen molar-refractivity contribution in [3.8, 4) is 0 Å². The van der Waals surface area contributed by atoms with Crippen molar-refractivity contribution < 1.29 is 0 Å². The first-order valence-electron chi connectivity index (χ1n) is 6.12. The minimum Gasteiger partial charge on any atom is -0.317 e. The van der Waals surface area contributed by atoms with Crippen molar-refractivity contribution in [3.63, 3.8) is 0 Å². The van der Waals surface area contributed by atoms with E-state index in [1.54, 1.807) is 0 Å². The van der Waals surface area contributed by atoms with Gasteiger partial charge in [-0.05, 0) is 50.1 Å². The van der Waals surface area contributed by atoms with Crippen LogP contribution in [0.4, 0.5) is 0 Å². The van der Waals surface area contributed by atoms with Gasteiger partial charge in [0, 0.05) is 0 Å². The first-order valence-corrected chi connectivity index (χ1v) is 6.12. The summed E-state index contributed by atoms with van der Waals surface area (Å²) in [7, 11) is 0. The number of nitrogens with one attached hydrogen (secondary N) is 1. The average molecular weight is 199 g/mol. The van der Waals surface area contributed by atoms with Crippen molar-refractivity contribution in [2.24, 2.45) is 11.3 Å². The largest absolute Gasteiger partial charge is 0.317 e. The average Bonchev–Trinajstić information content (AvgIpc) is 2.00. The lowest BCUT2D eigenvalue weighted by Gasteiger charge is -2.17. The highest BCUT2D eigenvalue weighted by Crippen LogP contribution is 2.19. The van der Waals surface area contributed by atoms with Crippen molar-refractivity contribution in [1.82, 2.24) is 5.32 Å². The van der Waals surface area contributed by atoms with Crippen LogP contribution in [0.3, 0.4) is 0 Å². The van der Waals surface area contributed by atoms with E-state index in [0.29, 0.717) is 5.41 Å². The molecule has 0 aromatic rings. The van der Waals surface area contributed by atoms with Gasteiger partial charge < -0.3 is 5.32 Å². The Bertz CT molecular complexity index is 122. The first-order chi connectivity index (χ1) is 6.42. The van der Waals surface area contributed by atoms with Gasteiger partial charge in [0.2, 0.25) is 0 Å². The summed E-state index contributed by atoms with van der Waals surface area (Å²) in [5.41, 5.74) is 0.500. The molecule has 0 amide bonds. The van der Waals surface area contributed by atoms with Gasteiger partial charge >= 0.3 is 0 Å². The van der Waals surface area contributed by atoms with Crippen molar-refractivity contribution >= 4 is 0 Å². The topological polar surface area (TPSA) is 12.0 Å². The maximum atomic E-state index is 3.51. The molecule has 0 fully saturated rings. The molecule has 0 saturated heterocycles.